The molecule has 0 N–H and O–H groups in total. The summed E-state index contributed by atoms with van der Waals surface area (Å²) >= 11 is 0. The van der Waals surface area contributed by atoms with Gasteiger partial charge in [-0.2, -0.15) is 0 Å². The predicted octanol–water partition coefficient (Wildman–Crippen LogP) is 19.1. The molecular weight excluding hydrogens is 851 g/mol. The zero-order chi connectivity index (χ0) is 45.9. The summed E-state index contributed by atoms with van der Waals surface area (Å²) in [6.45, 7) is 0. The van der Waals surface area contributed by atoms with E-state index in [1.54, 1.807) is 0 Å². The maximum absolute atomic E-state index is 7.16. The Morgan fingerprint density at radius 2 is 0.686 bits per heavy atom. The van der Waals surface area contributed by atoms with Crippen LogP contribution in [-0.4, -0.2) is 0 Å². The quantitative estimate of drug-likeness (QED) is 0.164. The van der Waals surface area contributed by atoms with Crippen molar-refractivity contribution in [1.82, 2.24) is 0 Å². The molecule has 4 nitrogen and oxygen atoms in total. The first-order chi connectivity index (χ1) is 34.7. The highest BCUT2D eigenvalue weighted by atomic mass is 16.5. The second kappa shape index (κ2) is 15.1. The fraction of sp³-hybridized carbons (Fsp3) is 0. The maximum atomic E-state index is 7.16. The molecule has 0 saturated carbocycles. The van der Waals surface area contributed by atoms with E-state index in [0.29, 0.717) is 0 Å². The molecule has 13 aromatic carbocycles. The van der Waals surface area contributed by atoms with Gasteiger partial charge in [-0.3, -0.25) is 0 Å². The minimum absolute atomic E-state index is 0.803. The average Bonchev–Trinajstić information content (AvgIpc) is 3.43. The number of rotatable bonds is 4. The van der Waals surface area contributed by atoms with Gasteiger partial charge in [0, 0.05) is 22.4 Å². The van der Waals surface area contributed by atoms with Crippen molar-refractivity contribution in [2.45, 2.75) is 0 Å². The van der Waals surface area contributed by atoms with Gasteiger partial charge in [0.05, 0.1) is 34.1 Å². The van der Waals surface area contributed by atoms with Crippen molar-refractivity contribution in [2.24, 2.45) is 0 Å². The van der Waals surface area contributed by atoms with Gasteiger partial charge >= 0.3 is 0 Å². The van der Waals surface area contributed by atoms with Gasteiger partial charge in [-0.1, -0.05) is 170 Å². The topological polar surface area (TPSA) is 19.0 Å². The molecule has 0 aliphatic carbocycles. The Balaban J connectivity index is 0.917. The Bertz CT molecular complexity index is 4280. The molecule has 0 fully saturated rings. The third-order valence-electron chi connectivity index (χ3n) is 14.7. The van der Waals surface area contributed by atoms with E-state index in [1.165, 1.54) is 53.9 Å². The summed E-state index contributed by atoms with van der Waals surface area (Å²) in [4.78, 5) is 7.22. The second-order valence-corrected chi connectivity index (χ2v) is 18.5. The molecule has 0 amide bonds. The molecule has 0 bridgehead atoms. The number of ether oxygens (including phenoxy) is 1. The van der Waals surface area contributed by atoms with Crippen LogP contribution in [0.1, 0.15) is 0 Å². The van der Waals surface area contributed by atoms with Crippen LogP contribution in [0.3, 0.4) is 0 Å². The molecule has 2 aliphatic rings. The van der Waals surface area contributed by atoms with Crippen LogP contribution in [0.4, 0.5) is 51.2 Å². The van der Waals surface area contributed by atoms with E-state index >= 15 is 0 Å². The molecule has 0 unspecified atom stereocenters. The SMILES string of the molecule is c1ccc(N2c3ccccc3N(c3ccc4c(ccc5ccccc54)c3)c3cc(-c4ccc5c(c4)Oc4c(ccc6ccccc46)N5c4ccc5c6ccccc6c6ccccc6c5c4)ccc32)cc1. The molecule has 0 spiro atoms. The van der Waals surface area contributed by atoms with Gasteiger partial charge in [0.15, 0.2) is 11.5 Å². The van der Waals surface area contributed by atoms with Crippen LogP contribution in [-0.2, 0) is 0 Å². The zero-order valence-corrected chi connectivity index (χ0v) is 37.9. The highest BCUT2D eigenvalue weighted by Gasteiger charge is 2.32. The summed E-state index contributed by atoms with van der Waals surface area (Å²) < 4.78 is 7.16. The van der Waals surface area contributed by atoms with Gasteiger partial charge < -0.3 is 19.4 Å². The number of benzene rings is 13. The predicted molar refractivity (Wildman–Crippen MR) is 295 cm³/mol. The van der Waals surface area contributed by atoms with E-state index in [0.717, 1.165) is 84.6 Å². The van der Waals surface area contributed by atoms with E-state index in [2.05, 4.69) is 263 Å². The lowest BCUT2D eigenvalue weighted by Gasteiger charge is -2.40. The number of para-hydroxylation sites is 3. The summed E-state index contributed by atoms with van der Waals surface area (Å²) in [7, 11) is 0. The van der Waals surface area contributed by atoms with Crippen molar-refractivity contribution >= 4 is 116 Å². The lowest BCUT2D eigenvalue weighted by Crippen LogP contribution is -2.24. The highest BCUT2D eigenvalue weighted by Crippen LogP contribution is 2.57. The van der Waals surface area contributed by atoms with Gasteiger partial charge in [0.25, 0.3) is 0 Å². The Morgan fingerprint density at radius 1 is 0.229 bits per heavy atom. The first kappa shape index (κ1) is 38.7. The fourth-order valence-corrected chi connectivity index (χ4v) is 11.5. The third-order valence-corrected chi connectivity index (χ3v) is 14.7. The number of hydrogen-bond acceptors (Lipinski definition) is 4. The van der Waals surface area contributed by atoms with Crippen LogP contribution in [0.2, 0.25) is 0 Å². The Labute approximate surface area is 404 Å². The molecule has 0 atom stereocenters. The second-order valence-electron chi connectivity index (χ2n) is 18.5. The van der Waals surface area contributed by atoms with Crippen LogP contribution in [0.5, 0.6) is 11.5 Å². The van der Waals surface area contributed by atoms with Gasteiger partial charge in [-0.25, -0.2) is 0 Å². The molecule has 2 aliphatic heterocycles. The number of fused-ring (bicyclic) bond motifs is 15. The van der Waals surface area contributed by atoms with Crippen molar-refractivity contribution in [1.29, 1.82) is 0 Å². The zero-order valence-electron chi connectivity index (χ0n) is 37.9. The van der Waals surface area contributed by atoms with Gasteiger partial charge in [-0.05, 0) is 149 Å². The molecule has 0 saturated heterocycles. The summed E-state index contributed by atoms with van der Waals surface area (Å²) in [6.07, 6.45) is 0. The van der Waals surface area contributed by atoms with Crippen molar-refractivity contribution in [3.05, 3.63) is 249 Å². The molecule has 326 valence electrons. The number of hydrogen-bond donors (Lipinski definition) is 0. The molecule has 0 radical (unpaired) electrons. The Morgan fingerprint density at radius 3 is 1.41 bits per heavy atom. The monoisotopic (exact) mass is 891 g/mol. The van der Waals surface area contributed by atoms with Gasteiger partial charge in [-0.15, -0.1) is 0 Å². The van der Waals surface area contributed by atoms with Crippen LogP contribution >= 0.6 is 0 Å². The van der Waals surface area contributed by atoms with Gasteiger partial charge in [0.1, 0.15) is 0 Å². The Kier molecular flexibility index (Phi) is 8.33. The van der Waals surface area contributed by atoms with Crippen LogP contribution in [0.25, 0.3) is 75.8 Å². The van der Waals surface area contributed by atoms with Gasteiger partial charge in [0.2, 0.25) is 0 Å². The first-order valence-corrected chi connectivity index (χ1v) is 24.0. The molecule has 70 heavy (non-hydrogen) atoms. The fourth-order valence-electron chi connectivity index (χ4n) is 11.5. The Hall–Kier alpha value is -9.38. The average molecular weight is 892 g/mol. The smallest absolute Gasteiger partial charge is 0.159 e. The molecule has 13 aromatic rings. The molecule has 0 aromatic heterocycles. The normalized spacial score (nSPS) is 12.9. The standard InChI is InChI=1S/C66H41N3O/c1-2-16-47(17-3-1)67-59-24-12-13-25-60(59)68(48-31-33-51-46(38-48)27-26-42-14-4-6-18-50(42)51)64-39-44(29-35-61(64)67)45-30-36-62-65(40-45)70-66-52-19-7-5-15-43(52)28-37-63(66)69(62)49-32-34-57-55-22-9-8-20-53(55)54-21-10-11-23-56(54)58(57)41-49/h1-41H. The van der Waals surface area contributed by atoms with E-state index in [4.69, 9.17) is 4.74 Å². The first-order valence-electron chi connectivity index (χ1n) is 24.0. The van der Waals surface area contributed by atoms with Crippen LogP contribution in [0, 0.1) is 0 Å². The summed E-state index contributed by atoms with van der Waals surface area (Å²) in [5.41, 5.74) is 11.9. The van der Waals surface area contributed by atoms with E-state index < -0.39 is 0 Å². The van der Waals surface area contributed by atoms with Crippen LogP contribution < -0.4 is 19.4 Å². The number of anilines is 9. The third kappa shape index (κ3) is 5.77. The summed E-state index contributed by atoms with van der Waals surface area (Å²) in [6, 6.07) is 90.6. The lowest BCUT2D eigenvalue weighted by molar-refractivity contribution is 0.483. The maximum Gasteiger partial charge on any atom is 0.159 e. The van der Waals surface area contributed by atoms with Crippen molar-refractivity contribution in [2.75, 3.05) is 14.7 Å². The highest BCUT2D eigenvalue weighted by molar-refractivity contribution is 6.26. The molecular formula is C66H41N3O. The summed E-state index contributed by atoms with van der Waals surface area (Å²) in [5, 5.41) is 14.7. The molecule has 4 heteroatoms. The van der Waals surface area contributed by atoms with Crippen molar-refractivity contribution in [3.63, 3.8) is 0 Å². The minimum Gasteiger partial charge on any atom is -0.452 e. The minimum atomic E-state index is 0.803. The van der Waals surface area contributed by atoms with E-state index in [-0.39, 0.29) is 0 Å². The number of nitrogens with zero attached hydrogens (tertiary/aromatic N) is 3. The molecule has 15 rings (SSSR count). The van der Waals surface area contributed by atoms with Crippen LogP contribution in [0.15, 0.2) is 249 Å². The largest absolute Gasteiger partial charge is 0.452 e. The van der Waals surface area contributed by atoms with Crippen molar-refractivity contribution in [3.8, 4) is 22.6 Å². The van der Waals surface area contributed by atoms with E-state index in [1.807, 2.05) is 0 Å². The van der Waals surface area contributed by atoms with Crippen molar-refractivity contribution < 1.29 is 4.74 Å². The lowest BCUT2D eigenvalue weighted by atomic mass is 9.93. The van der Waals surface area contributed by atoms with E-state index in [9.17, 15) is 0 Å². The molecule has 2 heterocycles. The summed E-state index contributed by atoms with van der Waals surface area (Å²) in [5.74, 6) is 1.65.